The quantitative estimate of drug-likeness (QED) is 0.510. The molecule has 1 fully saturated rings. The summed E-state index contributed by atoms with van der Waals surface area (Å²) in [6.07, 6.45) is -5.65. The highest BCUT2D eigenvalue weighted by Crippen LogP contribution is 2.27. The molecule has 0 radical (unpaired) electrons. The standard InChI is InChI=1S/C13H20O9/c1-6(14)19-5-9-10(20-7(2)15)11(18-4)12(13(17)22-9)21-8(3)16/h9-13,17H,5H2,1-4H3. The van der Waals surface area contributed by atoms with Gasteiger partial charge in [-0.15, -0.1) is 0 Å². The Morgan fingerprint density at radius 2 is 1.50 bits per heavy atom. The van der Waals surface area contributed by atoms with Crippen molar-refractivity contribution >= 4 is 17.9 Å². The number of aliphatic hydroxyl groups is 1. The van der Waals surface area contributed by atoms with E-state index in [1.807, 2.05) is 0 Å². The summed E-state index contributed by atoms with van der Waals surface area (Å²) in [5.41, 5.74) is 0. The Morgan fingerprint density at radius 3 is 1.95 bits per heavy atom. The van der Waals surface area contributed by atoms with Crippen LogP contribution in [0, 0.1) is 0 Å². The van der Waals surface area contributed by atoms with Gasteiger partial charge < -0.3 is 28.8 Å². The molecule has 1 saturated heterocycles. The number of rotatable bonds is 5. The van der Waals surface area contributed by atoms with Gasteiger partial charge in [-0.3, -0.25) is 14.4 Å². The van der Waals surface area contributed by atoms with Gasteiger partial charge in [-0.1, -0.05) is 0 Å². The van der Waals surface area contributed by atoms with Crippen molar-refractivity contribution in [2.75, 3.05) is 13.7 Å². The van der Waals surface area contributed by atoms with E-state index in [0.29, 0.717) is 0 Å². The van der Waals surface area contributed by atoms with E-state index >= 15 is 0 Å². The second kappa shape index (κ2) is 8.06. The van der Waals surface area contributed by atoms with Gasteiger partial charge in [0.15, 0.2) is 18.5 Å². The fraction of sp³-hybridized carbons (Fsp3) is 0.769. The Bertz CT molecular complexity index is 422. The Labute approximate surface area is 127 Å². The van der Waals surface area contributed by atoms with Crippen LogP contribution in [0.3, 0.4) is 0 Å². The minimum Gasteiger partial charge on any atom is -0.463 e. The van der Waals surface area contributed by atoms with E-state index in [1.54, 1.807) is 0 Å². The highest BCUT2D eigenvalue weighted by atomic mass is 16.7. The van der Waals surface area contributed by atoms with E-state index in [2.05, 4.69) is 0 Å². The van der Waals surface area contributed by atoms with Crippen LogP contribution in [0.5, 0.6) is 0 Å². The van der Waals surface area contributed by atoms with Crippen LogP contribution in [0.2, 0.25) is 0 Å². The predicted octanol–water partition coefficient (Wildman–Crippen LogP) is -0.855. The van der Waals surface area contributed by atoms with E-state index in [4.69, 9.17) is 23.7 Å². The van der Waals surface area contributed by atoms with Gasteiger partial charge in [0.05, 0.1) is 0 Å². The van der Waals surface area contributed by atoms with Crippen molar-refractivity contribution in [1.29, 1.82) is 0 Å². The number of hydrogen-bond donors (Lipinski definition) is 1. The van der Waals surface area contributed by atoms with E-state index in [0.717, 1.165) is 6.92 Å². The summed E-state index contributed by atoms with van der Waals surface area (Å²) in [6.45, 7) is 3.29. The molecule has 126 valence electrons. The number of carbonyl (C=O) groups is 3. The summed E-state index contributed by atoms with van der Waals surface area (Å²) in [5, 5.41) is 9.95. The van der Waals surface area contributed by atoms with Gasteiger partial charge in [0.2, 0.25) is 0 Å². The number of methoxy groups -OCH3 is 1. The molecule has 1 aliphatic rings. The topological polar surface area (TPSA) is 118 Å². The third-order valence-corrected chi connectivity index (χ3v) is 2.94. The van der Waals surface area contributed by atoms with Crippen LogP contribution in [0.25, 0.3) is 0 Å². The van der Waals surface area contributed by atoms with Crippen LogP contribution in [0.1, 0.15) is 20.8 Å². The van der Waals surface area contributed by atoms with Crippen LogP contribution in [0.4, 0.5) is 0 Å². The van der Waals surface area contributed by atoms with Gasteiger partial charge in [0.25, 0.3) is 0 Å². The minimum absolute atomic E-state index is 0.253. The first-order valence-electron chi connectivity index (χ1n) is 6.60. The lowest BCUT2D eigenvalue weighted by atomic mass is 9.98. The number of aliphatic hydroxyl groups excluding tert-OH is 1. The molecule has 0 aliphatic carbocycles. The van der Waals surface area contributed by atoms with Crippen molar-refractivity contribution in [3.63, 3.8) is 0 Å². The Morgan fingerprint density at radius 1 is 0.955 bits per heavy atom. The van der Waals surface area contributed by atoms with Crippen LogP contribution in [-0.2, 0) is 38.1 Å². The molecule has 0 aromatic heterocycles. The molecular weight excluding hydrogens is 300 g/mol. The zero-order valence-electron chi connectivity index (χ0n) is 12.8. The Balaban J connectivity index is 2.96. The Hall–Kier alpha value is -1.71. The minimum atomic E-state index is -1.51. The summed E-state index contributed by atoms with van der Waals surface area (Å²) in [7, 11) is 1.30. The first kappa shape index (κ1) is 18.3. The molecule has 1 aliphatic heterocycles. The fourth-order valence-electron chi connectivity index (χ4n) is 2.15. The van der Waals surface area contributed by atoms with Crippen LogP contribution < -0.4 is 0 Å². The first-order valence-corrected chi connectivity index (χ1v) is 6.60. The normalized spacial score (nSPS) is 31.2. The summed E-state index contributed by atoms with van der Waals surface area (Å²) >= 11 is 0. The molecule has 1 rings (SSSR count). The first-order chi connectivity index (χ1) is 10.3. The molecule has 0 aromatic carbocycles. The number of hydrogen-bond acceptors (Lipinski definition) is 9. The van der Waals surface area contributed by atoms with Gasteiger partial charge in [0.1, 0.15) is 18.8 Å². The summed E-state index contributed by atoms with van der Waals surface area (Å²) < 4.78 is 25.3. The average Bonchev–Trinajstić information content (AvgIpc) is 2.39. The number of esters is 3. The fourth-order valence-corrected chi connectivity index (χ4v) is 2.15. The third kappa shape index (κ3) is 4.93. The van der Waals surface area contributed by atoms with Gasteiger partial charge >= 0.3 is 17.9 Å². The third-order valence-electron chi connectivity index (χ3n) is 2.94. The lowest BCUT2D eigenvalue weighted by Crippen LogP contribution is -2.61. The molecule has 1 heterocycles. The van der Waals surface area contributed by atoms with Crippen molar-refractivity contribution in [2.24, 2.45) is 0 Å². The molecule has 0 saturated carbocycles. The molecule has 1 N–H and O–H groups in total. The van der Waals surface area contributed by atoms with E-state index in [1.165, 1.54) is 21.0 Å². The van der Waals surface area contributed by atoms with Crippen molar-refractivity contribution < 1.29 is 43.2 Å². The number of carbonyl (C=O) groups excluding carboxylic acids is 3. The average molecular weight is 320 g/mol. The molecule has 0 amide bonds. The van der Waals surface area contributed by atoms with E-state index in [-0.39, 0.29) is 6.61 Å². The molecule has 0 spiro atoms. The zero-order valence-corrected chi connectivity index (χ0v) is 12.8. The van der Waals surface area contributed by atoms with Gasteiger partial charge in [-0.05, 0) is 0 Å². The van der Waals surface area contributed by atoms with Crippen LogP contribution >= 0.6 is 0 Å². The molecule has 0 aromatic rings. The molecule has 0 bridgehead atoms. The lowest BCUT2D eigenvalue weighted by Gasteiger charge is -2.42. The van der Waals surface area contributed by atoms with Gasteiger partial charge in [-0.25, -0.2) is 0 Å². The highest BCUT2D eigenvalue weighted by molar-refractivity contribution is 5.67. The van der Waals surface area contributed by atoms with Crippen molar-refractivity contribution in [1.82, 2.24) is 0 Å². The summed E-state index contributed by atoms with van der Waals surface area (Å²) in [6, 6.07) is 0. The van der Waals surface area contributed by atoms with E-state index < -0.39 is 48.6 Å². The Kier molecular flexibility index (Phi) is 6.72. The van der Waals surface area contributed by atoms with Crippen LogP contribution in [-0.4, -0.2) is 67.4 Å². The van der Waals surface area contributed by atoms with E-state index in [9.17, 15) is 19.5 Å². The molecular formula is C13H20O9. The van der Waals surface area contributed by atoms with Crippen molar-refractivity contribution in [3.8, 4) is 0 Å². The van der Waals surface area contributed by atoms with Gasteiger partial charge in [-0.2, -0.15) is 0 Å². The number of ether oxygens (including phenoxy) is 5. The maximum atomic E-state index is 11.3. The van der Waals surface area contributed by atoms with Crippen molar-refractivity contribution in [3.05, 3.63) is 0 Å². The van der Waals surface area contributed by atoms with Gasteiger partial charge in [0, 0.05) is 27.9 Å². The van der Waals surface area contributed by atoms with Crippen LogP contribution in [0.15, 0.2) is 0 Å². The molecule has 9 heteroatoms. The molecule has 5 unspecified atom stereocenters. The predicted molar refractivity (Wildman–Crippen MR) is 69.4 cm³/mol. The zero-order chi connectivity index (χ0) is 16.9. The monoisotopic (exact) mass is 320 g/mol. The summed E-state index contributed by atoms with van der Waals surface area (Å²) in [4.78, 5) is 33.3. The second-order valence-corrected chi connectivity index (χ2v) is 4.72. The van der Waals surface area contributed by atoms with Crippen molar-refractivity contribution in [2.45, 2.75) is 51.5 Å². The molecule has 22 heavy (non-hydrogen) atoms. The largest absolute Gasteiger partial charge is 0.463 e. The second-order valence-electron chi connectivity index (χ2n) is 4.72. The lowest BCUT2D eigenvalue weighted by molar-refractivity contribution is -0.297. The molecule has 5 atom stereocenters. The maximum absolute atomic E-state index is 11.3. The smallest absolute Gasteiger partial charge is 0.303 e. The SMILES string of the molecule is COC1C(OC(C)=O)C(O)OC(COC(C)=O)C1OC(C)=O. The summed E-state index contributed by atoms with van der Waals surface area (Å²) in [5.74, 6) is -1.84. The molecule has 9 nitrogen and oxygen atoms in total. The highest BCUT2D eigenvalue weighted by Gasteiger charge is 2.50. The maximum Gasteiger partial charge on any atom is 0.303 e.